The molecule has 0 aromatic carbocycles. The van der Waals surface area contributed by atoms with Crippen LogP contribution in [0.1, 0.15) is 39.5 Å². The number of amides is 1. The van der Waals surface area contributed by atoms with Crippen LogP contribution in [0.2, 0.25) is 0 Å². The second-order valence-corrected chi connectivity index (χ2v) is 4.99. The average Bonchev–Trinajstić information content (AvgIpc) is 2.32. The van der Waals surface area contributed by atoms with Crippen molar-refractivity contribution in [3.8, 4) is 0 Å². The predicted molar refractivity (Wildman–Crippen MR) is 57.9 cm³/mol. The van der Waals surface area contributed by atoms with Gasteiger partial charge in [0.25, 0.3) is 0 Å². The molecule has 0 aliphatic carbocycles. The highest BCUT2D eigenvalue weighted by Gasteiger charge is 2.24. The Morgan fingerprint density at radius 3 is 2.71 bits per heavy atom. The van der Waals surface area contributed by atoms with Crippen molar-refractivity contribution in [2.45, 2.75) is 39.5 Å². The zero-order valence-corrected chi connectivity index (χ0v) is 9.38. The predicted octanol–water partition coefficient (Wildman–Crippen LogP) is 1.37. The third-order valence-corrected chi connectivity index (χ3v) is 2.84. The van der Waals surface area contributed by atoms with E-state index in [-0.39, 0.29) is 5.41 Å². The number of rotatable bonds is 3. The molecule has 14 heavy (non-hydrogen) atoms. The van der Waals surface area contributed by atoms with Crippen LogP contribution in [-0.4, -0.2) is 30.4 Å². The fourth-order valence-corrected chi connectivity index (χ4v) is 1.79. The highest BCUT2D eigenvalue weighted by molar-refractivity contribution is 5.76. The Bertz CT molecular complexity index is 201. The molecule has 0 spiro atoms. The summed E-state index contributed by atoms with van der Waals surface area (Å²) in [6.07, 6.45) is 4.11. The smallest absolute Gasteiger partial charge is 0.222 e. The van der Waals surface area contributed by atoms with Gasteiger partial charge in [-0.2, -0.15) is 0 Å². The Balaban J connectivity index is 2.52. The van der Waals surface area contributed by atoms with Gasteiger partial charge in [-0.15, -0.1) is 0 Å². The van der Waals surface area contributed by atoms with E-state index in [1.165, 1.54) is 6.42 Å². The third-order valence-electron chi connectivity index (χ3n) is 2.84. The molecule has 0 saturated carbocycles. The van der Waals surface area contributed by atoms with Gasteiger partial charge >= 0.3 is 0 Å². The minimum absolute atomic E-state index is 0.0556. The number of likely N-dealkylation sites (tertiary alicyclic amines) is 1. The van der Waals surface area contributed by atoms with E-state index in [2.05, 4.69) is 13.8 Å². The number of nitrogens with zero attached hydrogens (tertiary/aromatic N) is 1. The van der Waals surface area contributed by atoms with E-state index in [9.17, 15) is 4.79 Å². The normalized spacial score (nSPS) is 19.6. The topological polar surface area (TPSA) is 46.3 Å². The van der Waals surface area contributed by atoms with Gasteiger partial charge in [-0.05, 0) is 24.8 Å². The van der Waals surface area contributed by atoms with Crippen molar-refractivity contribution in [2.75, 3.05) is 19.6 Å². The van der Waals surface area contributed by atoms with Crippen LogP contribution in [0, 0.1) is 5.41 Å². The van der Waals surface area contributed by atoms with E-state index >= 15 is 0 Å². The lowest BCUT2D eigenvalue weighted by Gasteiger charge is -2.31. The zero-order chi connectivity index (χ0) is 10.6. The summed E-state index contributed by atoms with van der Waals surface area (Å²) >= 11 is 0. The highest BCUT2D eigenvalue weighted by Crippen LogP contribution is 2.19. The van der Waals surface area contributed by atoms with Gasteiger partial charge in [-0.1, -0.05) is 20.3 Å². The van der Waals surface area contributed by atoms with Crippen LogP contribution in [0.3, 0.4) is 0 Å². The molecule has 0 unspecified atom stereocenters. The first kappa shape index (κ1) is 11.5. The minimum Gasteiger partial charge on any atom is -0.342 e. The van der Waals surface area contributed by atoms with Gasteiger partial charge in [-0.25, -0.2) is 0 Å². The van der Waals surface area contributed by atoms with Gasteiger partial charge < -0.3 is 10.6 Å². The van der Waals surface area contributed by atoms with E-state index < -0.39 is 0 Å². The summed E-state index contributed by atoms with van der Waals surface area (Å²) in [5.41, 5.74) is 5.73. The molecular formula is C11H22N2O. The van der Waals surface area contributed by atoms with Crippen LogP contribution in [0.25, 0.3) is 0 Å². The molecule has 1 aliphatic heterocycles. The van der Waals surface area contributed by atoms with Crippen molar-refractivity contribution in [3.05, 3.63) is 0 Å². The molecule has 2 N–H and O–H groups in total. The Kier molecular flexibility index (Phi) is 3.93. The first-order valence-electron chi connectivity index (χ1n) is 5.53. The second kappa shape index (κ2) is 4.78. The molecule has 0 bridgehead atoms. The highest BCUT2D eigenvalue weighted by atomic mass is 16.2. The summed E-state index contributed by atoms with van der Waals surface area (Å²) in [7, 11) is 0. The molecule has 0 radical (unpaired) electrons. The van der Waals surface area contributed by atoms with Crippen molar-refractivity contribution in [1.82, 2.24) is 4.90 Å². The van der Waals surface area contributed by atoms with Crippen molar-refractivity contribution in [1.29, 1.82) is 0 Å². The molecule has 1 rings (SSSR count). The molecular weight excluding hydrogens is 176 g/mol. The lowest BCUT2D eigenvalue weighted by Crippen LogP contribution is -2.41. The molecule has 1 fully saturated rings. The summed E-state index contributed by atoms with van der Waals surface area (Å²) in [5.74, 6) is 0.309. The van der Waals surface area contributed by atoms with E-state index in [0.29, 0.717) is 12.5 Å². The maximum atomic E-state index is 11.7. The van der Waals surface area contributed by atoms with Gasteiger partial charge in [0.05, 0.1) is 0 Å². The Labute approximate surface area is 86.6 Å². The number of nitrogens with two attached hydrogens (primary N) is 1. The fraction of sp³-hybridized carbons (Fsp3) is 0.909. The maximum absolute atomic E-state index is 11.7. The number of hydrogen-bond acceptors (Lipinski definition) is 2. The van der Waals surface area contributed by atoms with Crippen molar-refractivity contribution >= 4 is 5.91 Å². The van der Waals surface area contributed by atoms with E-state index in [0.717, 1.165) is 32.4 Å². The second-order valence-electron chi connectivity index (χ2n) is 4.99. The zero-order valence-electron chi connectivity index (χ0n) is 9.38. The molecule has 1 saturated heterocycles. The standard InChI is InChI=1S/C11H22N2O/c1-11(2,8-12)9-13-7-5-3-4-6-10(13)14/h3-9,12H2,1-2H3. The van der Waals surface area contributed by atoms with Crippen LogP contribution in [0.5, 0.6) is 0 Å². The van der Waals surface area contributed by atoms with Gasteiger partial charge in [0.2, 0.25) is 5.91 Å². The Morgan fingerprint density at radius 2 is 2.07 bits per heavy atom. The van der Waals surface area contributed by atoms with Gasteiger partial charge in [-0.3, -0.25) is 4.79 Å². The van der Waals surface area contributed by atoms with Crippen LogP contribution in [0.4, 0.5) is 0 Å². The van der Waals surface area contributed by atoms with Crippen molar-refractivity contribution in [3.63, 3.8) is 0 Å². The molecule has 1 aliphatic rings. The lowest BCUT2D eigenvalue weighted by molar-refractivity contribution is -0.132. The van der Waals surface area contributed by atoms with Gasteiger partial charge in [0.1, 0.15) is 0 Å². The van der Waals surface area contributed by atoms with Gasteiger partial charge in [0, 0.05) is 19.5 Å². The third kappa shape index (κ3) is 3.29. The quantitative estimate of drug-likeness (QED) is 0.744. The number of carbonyl (C=O) groups excluding carboxylic acids is 1. The first-order chi connectivity index (χ1) is 6.55. The SMILES string of the molecule is CC(C)(CN)CN1CCCCCC1=O. The summed E-state index contributed by atoms with van der Waals surface area (Å²) in [5, 5.41) is 0. The van der Waals surface area contributed by atoms with Crippen LogP contribution in [0.15, 0.2) is 0 Å². The lowest BCUT2D eigenvalue weighted by atomic mass is 9.93. The van der Waals surface area contributed by atoms with Crippen molar-refractivity contribution in [2.24, 2.45) is 11.1 Å². The van der Waals surface area contributed by atoms with Crippen LogP contribution < -0.4 is 5.73 Å². The summed E-state index contributed by atoms with van der Waals surface area (Å²) in [6.45, 7) is 6.59. The maximum Gasteiger partial charge on any atom is 0.222 e. The average molecular weight is 198 g/mol. The first-order valence-corrected chi connectivity index (χ1v) is 5.53. The van der Waals surface area contributed by atoms with E-state index in [1.54, 1.807) is 0 Å². The largest absolute Gasteiger partial charge is 0.342 e. The number of carbonyl (C=O) groups is 1. The van der Waals surface area contributed by atoms with Crippen LogP contribution >= 0.6 is 0 Å². The molecule has 1 amide bonds. The van der Waals surface area contributed by atoms with E-state index in [1.807, 2.05) is 4.90 Å². The van der Waals surface area contributed by atoms with Gasteiger partial charge in [0.15, 0.2) is 0 Å². The summed E-state index contributed by atoms with van der Waals surface area (Å²) in [4.78, 5) is 13.7. The summed E-state index contributed by atoms with van der Waals surface area (Å²) < 4.78 is 0. The minimum atomic E-state index is 0.0556. The van der Waals surface area contributed by atoms with Crippen LogP contribution in [-0.2, 0) is 4.79 Å². The number of hydrogen-bond donors (Lipinski definition) is 1. The molecule has 0 aromatic rings. The molecule has 0 atom stereocenters. The molecule has 0 aromatic heterocycles. The monoisotopic (exact) mass is 198 g/mol. The van der Waals surface area contributed by atoms with Crippen molar-refractivity contribution < 1.29 is 4.79 Å². The Hall–Kier alpha value is -0.570. The molecule has 1 heterocycles. The molecule has 3 heteroatoms. The molecule has 82 valence electrons. The fourth-order valence-electron chi connectivity index (χ4n) is 1.79. The summed E-state index contributed by atoms with van der Waals surface area (Å²) in [6, 6.07) is 0. The Morgan fingerprint density at radius 1 is 1.36 bits per heavy atom. The molecule has 3 nitrogen and oxygen atoms in total. The van der Waals surface area contributed by atoms with E-state index in [4.69, 9.17) is 5.73 Å².